The minimum Gasteiger partial charge on any atom is -0.297 e. The molecule has 0 radical (unpaired) electrons. The van der Waals surface area contributed by atoms with E-state index in [9.17, 15) is 9.59 Å². The third kappa shape index (κ3) is 2.52. The van der Waals surface area contributed by atoms with Crippen LogP contribution in [-0.2, 0) is 0 Å². The number of carbonyl (C=O) groups excluding carboxylic acids is 2. The van der Waals surface area contributed by atoms with E-state index in [2.05, 4.69) is 13.8 Å². The molecule has 0 spiro atoms. The van der Waals surface area contributed by atoms with Crippen LogP contribution in [0.3, 0.4) is 0 Å². The highest BCUT2D eigenvalue weighted by molar-refractivity contribution is 7.27. The fourth-order valence-electron chi connectivity index (χ4n) is 2.14. The molecule has 0 atom stereocenters. The van der Waals surface area contributed by atoms with Crippen LogP contribution < -0.4 is 0 Å². The fraction of sp³-hybridized carbons (Fsp3) is 0.125. The van der Waals surface area contributed by atoms with Gasteiger partial charge in [0.25, 0.3) is 0 Å². The molecule has 5 heteroatoms. The SMILES string of the molecule is Cc1c(-c2ccc(C=O)s2)sc(-c2ccc(C=O)s2)c1C. The minimum atomic E-state index is 0.747. The predicted molar refractivity (Wildman–Crippen MR) is 91.2 cm³/mol. The van der Waals surface area contributed by atoms with Gasteiger partial charge in [0.05, 0.1) is 9.75 Å². The lowest BCUT2D eigenvalue weighted by Gasteiger charge is -1.95. The van der Waals surface area contributed by atoms with Crippen molar-refractivity contribution in [2.45, 2.75) is 13.8 Å². The first kappa shape index (κ1) is 14.4. The number of carbonyl (C=O) groups is 2. The van der Waals surface area contributed by atoms with Gasteiger partial charge in [-0.3, -0.25) is 9.59 Å². The van der Waals surface area contributed by atoms with Crippen LogP contribution in [0, 0.1) is 13.8 Å². The van der Waals surface area contributed by atoms with Gasteiger partial charge < -0.3 is 0 Å². The van der Waals surface area contributed by atoms with Crippen molar-refractivity contribution in [2.24, 2.45) is 0 Å². The third-order valence-corrected chi connectivity index (χ3v) is 7.16. The van der Waals surface area contributed by atoms with E-state index < -0.39 is 0 Å². The number of hydrogen-bond donors (Lipinski definition) is 0. The van der Waals surface area contributed by atoms with Gasteiger partial charge in [0.15, 0.2) is 12.6 Å². The number of rotatable bonds is 4. The molecule has 0 saturated heterocycles. The fourth-order valence-corrected chi connectivity index (χ4v) is 5.44. The summed E-state index contributed by atoms with van der Waals surface area (Å²) in [5, 5.41) is 0. The molecule has 0 N–H and O–H groups in total. The van der Waals surface area contributed by atoms with Gasteiger partial charge in [-0.15, -0.1) is 34.0 Å². The highest BCUT2D eigenvalue weighted by Crippen LogP contribution is 2.45. The summed E-state index contributed by atoms with van der Waals surface area (Å²) in [6.45, 7) is 4.22. The van der Waals surface area contributed by atoms with E-state index in [0.29, 0.717) is 0 Å². The Morgan fingerprint density at radius 3 is 1.48 bits per heavy atom. The van der Waals surface area contributed by atoms with Crippen molar-refractivity contribution in [3.63, 3.8) is 0 Å². The Labute approximate surface area is 134 Å². The summed E-state index contributed by atoms with van der Waals surface area (Å²) in [6.07, 6.45) is 1.78. The molecule has 0 amide bonds. The third-order valence-electron chi connectivity index (χ3n) is 3.38. The van der Waals surface area contributed by atoms with Crippen LogP contribution in [0.1, 0.15) is 30.5 Å². The molecule has 0 aliphatic carbocycles. The highest BCUT2D eigenvalue weighted by Gasteiger charge is 2.17. The number of thiophene rings is 3. The number of aldehydes is 2. The second kappa shape index (κ2) is 5.67. The number of hydrogen-bond acceptors (Lipinski definition) is 5. The maximum absolute atomic E-state index is 10.8. The van der Waals surface area contributed by atoms with Crippen LogP contribution in [0.5, 0.6) is 0 Å². The van der Waals surface area contributed by atoms with Crippen LogP contribution in [0.4, 0.5) is 0 Å². The van der Waals surface area contributed by atoms with Gasteiger partial charge in [-0.2, -0.15) is 0 Å². The summed E-state index contributed by atoms with van der Waals surface area (Å²) in [5.74, 6) is 0. The van der Waals surface area contributed by atoms with Gasteiger partial charge in [0, 0.05) is 19.5 Å². The topological polar surface area (TPSA) is 34.1 Å². The van der Waals surface area contributed by atoms with Crippen LogP contribution in [0.15, 0.2) is 24.3 Å². The van der Waals surface area contributed by atoms with Crippen molar-refractivity contribution in [3.8, 4) is 19.5 Å². The van der Waals surface area contributed by atoms with E-state index in [1.165, 1.54) is 43.6 Å². The average Bonchev–Trinajstić information content (AvgIpc) is 3.20. The predicted octanol–water partition coefficient (Wildman–Crippen LogP) is 5.45. The first-order valence-electron chi connectivity index (χ1n) is 6.34. The van der Waals surface area contributed by atoms with Crippen molar-refractivity contribution in [1.82, 2.24) is 0 Å². The Kier molecular flexibility index (Phi) is 3.89. The molecular formula is C16H12O2S3. The van der Waals surface area contributed by atoms with E-state index >= 15 is 0 Å². The highest BCUT2D eigenvalue weighted by atomic mass is 32.1. The van der Waals surface area contributed by atoms with E-state index in [1.54, 1.807) is 11.3 Å². The molecule has 3 rings (SSSR count). The normalized spacial score (nSPS) is 10.8. The van der Waals surface area contributed by atoms with Gasteiger partial charge in [0.1, 0.15) is 0 Å². The van der Waals surface area contributed by atoms with Crippen molar-refractivity contribution < 1.29 is 9.59 Å². The molecule has 0 aliphatic rings. The Hall–Kier alpha value is -1.56. The molecule has 3 aromatic heterocycles. The Morgan fingerprint density at radius 1 is 0.714 bits per heavy atom. The van der Waals surface area contributed by atoms with Gasteiger partial charge in [-0.05, 0) is 49.2 Å². The van der Waals surface area contributed by atoms with E-state index in [-0.39, 0.29) is 0 Å². The van der Waals surface area contributed by atoms with Gasteiger partial charge in [0.2, 0.25) is 0 Å². The summed E-state index contributed by atoms with van der Waals surface area (Å²) in [7, 11) is 0. The standard InChI is InChI=1S/C16H12O2S3/c1-9-10(2)16(14-6-4-12(8-18)20-14)21-15(9)13-5-3-11(7-17)19-13/h3-8H,1-2H3. The molecule has 3 heterocycles. The van der Waals surface area contributed by atoms with Crippen molar-refractivity contribution in [3.05, 3.63) is 45.1 Å². The zero-order chi connectivity index (χ0) is 15.0. The quantitative estimate of drug-likeness (QED) is 0.596. The maximum atomic E-state index is 10.8. The smallest absolute Gasteiger partial charge is 0.160 e. The lowest BCUT2D eigenvalue weighted by Crippen LogP contribution is -1.75. The van der Waals surface area contributed by atoms with Gasteiger partial charge >= 0.3 is 0 Å². The molecule has 2 nitrogen and oxygen atoms in total. The van der Waals surface area contributed by atoms with Crippen LogP contribution in [0.2, 0.25) is 0 Å². The Balaban J connectivity index is 2.10. The maximum Gasteiger partial charge on any atom is 0.160 e. The van der Waals surface area contributed by atoms with Crippen molar-refractivity contribution in [2.75, 3.05) is 0 Å². The van der Waals surface area contributed by atoms with Crippen LogP contribution in [-0.4, -0.2) is 12.6 Å². The van der Waals surface area contributed by atoms with Crippen LogP contribution >= 0.6 is 34.0 Å². The monoisotopic (exact) mass is 332 g/mol. The lowest BCUT2D eigenvalue weighted by molar-refractivity contribution is 0.111. The van der Waals surface area contributed by atoms with Gasteiger partial charge in [-0.1, -0.05) is 0 Å². The molecule has 106 valence electrons. The summed E-state index contributed by atoms with van der Waals surface area (Å²) >= 11 is 4.76. The molecule has 3 aromatic rings. The first-order valence-corrected chi connectivity index (χ1v) is 8.79. The minimum absolute atomic E-state index is 0.747. The summed E-state index contributed by atoms with van der Waals surface area (Å²) in [4.78, 5) is 27.9. The second-order valence-electron chi connectivity index (χ2n) is 4.65. The first-order chi connectivity index (χ1) is 10.1. The Bertz CT molecular complexity index is 754. The van der Waals surface area contributed by atoms with Crippen molar-refractivity contribution >= 4 is 46.6 Å². The summed E-state index contributed by atoms with van der Waals surface area (Å²) in [5.41, 5.74) is 2.49. The molecule has 21 heavy (non-hydrogen) atoms. The zero-order valence-electron chi connectivity index (χ0n) is 11.5. The van der Waals surface area contributed by atoms with E-state index in [4.69, 9.17) is 0 Å². The molecular weight excluding hydrogens is 320 g/mol. The Morgan fingerprint density at radius 2 is 1.14 bits per heavy atom. The zero-order valence-corrected chi connectivity index (χ0v) is 14.0. The molecule has 0 unspecified atom stereocenters. The average molecular weight is 332 g/mol. The van der Waals surface area contributed by atoms with Gasteiger partial charge in [-0.25, -0.2) is 0 Å². The molecule has 0 saturated carbocycles. The summed E-state index contributed by atoms with van der Waals surface area (Å²) < 4.78 is 0. The molecule has 0 fully saturated rings. The lowest BCUT2D eigenvalue weighted by atomic mass is 10.1. The largest absolute Gasteiger partial charge is 0.297 e. The second-order valence-corrected chi connectivity index (χ2v) is 7.90. The molecule has 0 aromatic carbocycles. The summed E-state index contributed by atoms with van der Waals surface area (Å²) in [6, 6.07) is 7.72. The van der Waals surface area contributed by atoms with E-state index in [0.717, 1.165) is 32.1 Å². The van der Waals surface area contributed by atoms with Crippen LogP contribution in [0.25, 0.3) is 19.5 Å². The molecule has 0 aliphatic heterocycles. The van der Waals surface area contributed by atoms with E-state index in [1.807, 2.05) is 24.3 Å². The molecule has 0 bridgehead atoms. The van der Waals surface area contributed by atoms with Crippen molar-refractivity contribution in [1.29, 1.82) is 0 Å².